The molecule has 3 heterocycles. The lowest BCUT2D eigenvalue weighted by molar-refractivity contribution is -0.120. The van der Waals surface area contributed by atoms with E-state index in [-0.39, 0.29) is 36.5 Å². The summed E-state index contributed by atoms with van der Waals surface area (Å²) in [5.74, 6) is -0.329. The first-order chi connectivity index (χ1) is 12.2. The van der Waals surface area contributed by atoms with E-state index in [1.165, 1.54) is 11.1 Å². The molecule has 3 rings (SSSR count). The number of carbonyl (C=O) groups excluding carboxylic acids is 1. The summed E-state index contributed by atoms with van der Waals surface area (Å²) < 4.78 is 41.3. The first kappa shape index (κ1) is 18.4. The summed E-state index contributed by atoms with van der Waals surface area (Å²) in [6.45, 7) is 3.64. The number of hydrogen-bond acceptors (Lipinski definition) is 6. The van der Waals surface area contributed by atoms with Gasteiger partial charge in [-0.25, -0.2) is 27.8 Å². The summed E-state index contributed by atoms with van der Waals surface area (Å²) in [7, 11) is -2.16. The van der Waals surface area contributed by atoms with E-state index in [9.17, 15) is 17.6 Å². The van der Waals surface area contributed by atoms with E-state index < -0.39 is 21.7 Å². The number of sulfonamides is 1. The Hall–Kier alpha value is -2.40. The second kappa shape index (κ2) is 6.72. The zero-order valence-corrected chi connectivity index (χ0v) is 15.4. The number of rotatable bonds is 4. The van der Waals surface area contributed by atoms with Crippen molar-refractivity contribution < 1.29 is 17.6 Å². The van der Waals surface area contributed by atoms with Gasteiger partial charge >= 0.3 is 0 Å². The maximum atomic E-state index is 12.9. The van der Waals surface area contributed by atoms with Crippen molar-refractivity contribution in [3.05, 3.63) is 30.2 Å². The molecule has 1 aliphatic heterocycles. The molecular formula is C15H19FN6O3S. The average Bonchev–Trinajstić information content (AvgIpc) is 2.98. The Balaban J connectivity index is 1.80. The van der Waals surface area contributed by atoms with Crippen LogP contribution >= 0.6 is 0 Å². The number of halogens is 1. The lowest BCUT2D eigenvalue weighted by Gasteiger charge is -2.31. The van der Waals surface area contributed by atoms with E-state index in [2.05, 4.69) is 15.0 Å². The molecule has 1 amide bonds. The average molecular weight is 382 g/mol. The Labute approximate surface area is 150 Å². The Kier molecular flexibility index (Phi) is 4.76. The Morgan fingerprint density at radius 1 is 1.19 bits per heavy atom. The van der Waals surface area contributed by atoms with Crippen molar-refractivity contribution in [2.75, 3.05) is 24.5 Å². The van der Waals surface area contributed by atoms with Crippen LogP contribution in [-0.2, 0) is 21.9 Å². The largest absolute Gasteiger partial charge is 0.336 e. The van der Waals surface area contributed by atoms with Crippen molar-refractivity contribution in [3.8, 4) is 0 Å². The number of nitrogens with zero attached hydrogens (tertiary/aromatic N) is 6. The van der Waals surface area contributed by atoms with Crippen LogP contribution in [0.5, 0.6) is 0 Å². The minimum atomic E-state index is -3.89. The third-order valence-corrected chi connectivity index (χ3v) is 5.76. The number of imidazole rings is 1. The summed E-state index contributed by atoms with van der Waals surface area (Å²) in [5.41, 5.74) is 0. The highest BCUT2D eigenvalue weighted by Gasteiger charge is 2.36. The minimum Gasteiger partial charge on any atom is -0.336 e. The van der Waals surface area contributed by atoms with Crippen molar-refractivity contribution in [1.29, 1.82) is 0 Å². The Morgan fingerprint density at radius 2 is 1.85 bits per heavy atom. The maximum Gasteiger partial charge on any atom is 0.262 e. The van der Waals surface area contributed by atoms with Crippen LogP contribution in [0, 0.1) is 5.82 Å². The van der Waals surface area contributed by atoms with Gasteiger partial charge in [0.2, 0.25) is 11.9 Å². The number of carbonyl (C=O) groups is 1. The molecule has 2 aromatic heterocycles. The van der Waals surface area contributed by atoms with Gasteiger partial charge in [-0.3, -0.25) is 9.69 Å². The molecule has 9 nitrogen and oxygen atoms in total. The van der Waals surface area contributed by atoms with Gasteiger partial charge in [0, 0.05) is 32.3 Å². The molecule has 11 heteroatoms. The molecule has 0 spiro atoms. The molecule has 0 N–H and O–H groups in total. The first-order valence-electron chi connectivity index (χ1n) is 8.01. The number of aromatic nitrogens is 4. The first-order valence-corrected chi connectivity index (χ1v) is 9.45. The van der Waals surface area contributed by atoms with Crippen LogP contribution in [0.3, 0.4) is 0 Å². The Bertz CT molecular complexity index is 925. The van der Waals surface area contributed by atoms with E-state index in [1.54, 1.807) is 11.6 Å². The summed E-state index contributed by atoms with van der Waals surface area (Å²) in [4.78, 5) is 25.4. The number of piperazine rings is 1. The topological polar surface area (TPSA) is 101 Å². The molecule has 2 aromatic rings. The fourth-order valence-corrected chi connectivity index (χ4v) is 4.13. The molecule has 1 saturated heterocycles. The highest BCUT2D eigenvalue weighted by molar-refractivity contribution is 7.89. The quantitative estimate of drug-likeness (QED) is 0.764. The van der Waals surface area contributed by atoms with Gasteiger partial charge in [0.15, 0.2) is 10.8 Å². The molecule has 0 aliphatic carbocycles. The highest BCUT2D eigenvalue weighted by atomic mass is 32.2. The molecular weight excluding hydrogens is 363 g/mol. The van der Waals surface area contributed by atoms with E-state index in [0.29, 0.717) is 5.82 Å². The third kappa shape index (κ3) is 3.31. The molecule has 0 aromatic carbocycles. The lowest BCUT2D eigenvalue weighted by atomic mass is 10.2. The van der Waals surface area contributed by atoms with Crippen LogP contribution in [-0.4, -0.2) is 57.8 Å². The summed E-state index contributed by atoms with van der Waals surface area (Å²) >= 11 is 0. The van der Waals surface area contributed by atoms with Gasteiger partial charge < -0.3 is 4.57 Å². The van der Waals surface area contributed by atoms with Crippen molar-refractivity contribution in [1.82, 2.24) is 23.8 Å². The van der Waals surface area contributed by atoms with Crippen LogP contribution in [0.25, 0.3) is 0 Å². The van der Waals surface area contributed by atoms with Crippen LogP contribution in [0.2, 0.25) is 0 Å². The van der Waals surface area contributed by atoms with Gasteiger partial charge in [-0.15, -0.1) is 0 Å². The van der Waals surface area contributed by atoms with Crippen LogP contribution < -0.4 is 4.90 Å². The maximum absolute atomic E-state index is 12.9. The smallest absolute Gasteiger partial charge is 0.262 e. The van der Waals surface area contributed by atoms with Gasteiger partial charge in [-0.2, -0.15) is 4.31 Å². The molecule has 0 atom stereocenters. The standard InChI is InChI=1S/C15H19FN6O3S/c1-10(2)14-19-12(8-20(14)3)26(24,25)21-4-5-22(13(23)9-21)15-17-6-11(16)7-18-15/h6-8,10H,4-5,9H2,1-3H3. The van der Waals surface area contributed by atoms with Crippen molar-refractivity contribution in [2.45, 2.75) is 24.8 Å². The zero-order chi connectivity index (χ0) is 19.1. The monoisotopic (exact) mass is 382 g/mol. The molecule has 26 heavy (non-hydrogen) atoms. The second-order valence-electron chi connectivity index (χ2n) is 6.29. The van der Waals surface area contributed by atoms with Gasteiger partial charge in [-0.05, 0) is 0 Å². The van der Waals surface area contributed by atoms with Crippen LogP contribution in [0.4, 0.5) is 10.3 Å². The lowest BCUT2D eigenvalue weighted by Crippen LogP contribution is -2.52. The molecule has 0 unspecified atom stereocenters. The minimum absolute atomic E-state index is 0.0494. The van der Waals surface area contributed by atoms with Crippen molar-refractivity contribution in [2.24, 2.45) is 7.05 Å². The number of hydrogen-bond donors (Lipinski definition) is 0. The summed E-state index contributed by atoms with van der Waals surface area (Å²) in [6.07, 6.45) is 3.37. The summed E-state index contributed by atoms with van der Waals surface area (Å²) in [5, 5.41) is -0.0806. The van der Waals surface area contributed by atoms with Crippen LogP contribution in [0.1, 0.15) is 25.6 Å². The van der Waals surface area contributed by atoms with Gasteiger partial charge in [0.05, 0.1) is 18.9 Å². The number of anilines is 1. The third-order valence-electron chi connectivity index (χ3n) is 4.04. The SMILES string of the molecule is CC(C)c1nc(S(=O)(=O)N2CCN(c3ncc(F)cn3)C(=O)C2)cn1C. The van der Waals surface area contributed by atoms with E-state index in [1.807, 2.05) is 13.8 Å². The number of aryl methyl sites for hydroxylation is 1. The Morgan fingerprint density at radius 3 is 2.38 bits per heavy atom. The van der Waals surface area contributed by atoms with Gasteiger partial charge in [0.25, 0.3) is 10.0 Å². The second-order valence-corrected chi connectivity index (χ2v) is 8.17. The predicted molar refractivity (Wildman–Crippen MR) is 90.4 cm³/mol. The molecule has 140 valence electrons. The van der Waals surface area contributed by atoms with E-state index in [4.69, 9.17) is 0 Å². The molecule has 1 aliphatic rings. The van der Waals surface area contributed by atoms with Gasteiger partial charge in [0.1, 0.15) is 5.82 Å². The molecule has 1 fully saturated rings. The van der Waals surface area contributed by atoms with E-state index in [0.717, 1.165) is 16.7 Å². The fourth-order valence-electron chi connectivity index (χ4n) is 2.76. The number of amides is 1. The molecule has 0 radical (unpaired) electrons. The normalized spacial score (nSPS) is 16.5. The van der Waals surface area contributed by atoms with E-state index >= 15 is 0 Å². The molecule has 0 saturated carbocycles. The summed E-state index contributed by atoms with van der Waals surface area (Å²) in [6, 6.07) is 0. The fraction of sp³-hybridized carbons (Fsp3) is 0.467. The van der Waals surface area contributed by atoms with Crippen molar-refractivity contribution in [3.63, 3.8) is 0 Å². The van der Waals surface area contributed by atoms with Crippen LogP contribution in [0.15, 0.2) is 23.6 Å². The van der Waals surface area contributed by atoms with Gasteiger partial charge in [-0.1, -0.05) is 13.8 Å². The highest BCUT2D eigenvalue weighted by Crippen LogP contribution is 2.21. The predicted octanol–water partition coefficient (Wildman–Crippen LogP) is 0.510. The molecule has 0 bridgehead atoms. The van der Waals surface area contributed by atoms with Crippen molar-refractivity contribution >= 4 is 21.9 Å². The zero-order valence-electron chi connectivity index (χ0n) is 14.6.